The van der Waals surface area contributed by atoms with Gasteiger partial charge in [0.25, 0.3) is 0 Å². The lowest BCUT2D eigenvalue weighted by Gasteiger charge is -2.33. The fraction of sp³-hybridized carbons (Fsp3) is 0.391. The van der Waals surface area contributed by atoms with E-state index in [1.54, 1.807) is 24.2 Å². The lowest BCUT2D eigenvalue weighted by molar-refractivity contribution is -0.132. The first-order valence-electron chi connectivity index (χ1n) is 10.4. The zero-order chi connectivity index (χ0) is 20.8. The Hall–Kier alpha value is -2.67. The molecule has 1 aliphatic rings. The lowest BCUT2D eigenvalue weighted by atomic mass is 9.92. The van der Waals surface area contributed by atoms with Gasteiger partial charge in [0.2, 0.25) is 5.91 Å². The van der Waals surface area contributed by atoms with E-state index in [0.717, 1.165) is 59.6 Å². The van der Waals surface area contributed by atoms with Gasteiger partial charge in [-0.15, -0.1) is 0 Å². The number of amides is 1. The normalized spacial score (nSPS) is 16.6. The molecule has 4 heterocycles. The highest BCUT2D eigenvalue weighted by Crippen LogP contribution is 2.30. The van der Waals surface area contributed by atoms with Crippen molar-refractivity contribution in [1.82, 2.24) is 19.9 Å². The predicted octanol–water partition coefficient (Wildman–Crippen LogP) is 4.40. The molecule has 0 spiro atoms. The maximum absolute atomic E-state index is 12.7. The van der Waals surface area contributed by atoms with E-state index < -0.39 is 0 Å². The Morgan fingerprint density at radius 3 is 3.00 bits per heavy atom. The molecule has 0 saturated carbocycles. The molecule has 3 aromatic heterocycles. The number of rotatable bonds is 7. The molecule has 1 aliphatic heterocycles. The summed E-state index contributed by atoms with van der Waals surface area (Å²) in [4.78, 5) is 28.4. The third-order valence-electron chi connectivity index (χ3n) is 5.39. The molecule has 0 aliphatic carbocycles. The number of carbonyl (C=O) groups is 1. The van der Waals surface area contributed by atoms with E-state index in [9.17, 15) is 4.79 Å². The van der Waals surface area contributed by atoms with E-state index in [0.29, 0.717) is 12.8 Å². The van der Waals surface area contributed by atoms with Crippen molar-refractivity contribution in [2.75, 3.05) is 13.1 Å². The third kappa shape index (κ3) is 5.27. The number of carbonyl (C=O) groups excluding carboxylic acids is 1. The minimum Gasteiger partial charge on any atom is -0.469 e. The van der Waals surface area contributed by atoms with E-state index in [4.69, 9.17) is 9.40 Å². The largest absolute Gasteiger partial charge is 0.469 e. The molecular formula is C23H26N4O2S. The summed E-state index contributed by atoms with van der Waals surface area (Å²) in [5.41, 5.74) is 3.17. The monoisotopic (exact) mass is 422 g/mol. The van der Waals surface area contributed by atoms with Crippen LogP contribution in [-0.2, 0) is 17.0 Å². The predicted molar refractivity (Wildman–Crippen MR) is 116 cm³/mol. The Morgan fingerprint density at radius 2 is 2.20 bits per heavy atom. The average Bonchev–Trinajstić information content (AvgIpc) is 3.31. The molecule has 1 saturated heterocycles. The van der Waals surface area contributed by atoms with Gasteiger partial charge in [0.15, 0.2) is 5.16 Å². The number of likely N-dealkylation sites (tertiary alicyclic amines) is 1. The van der Waals surface area contributed by atoms with Crippen LogP contribution >= 0.6 is 11.8 Å². The number of pyridine rings is 1. The van der Waals surface area contributed by atoms with Crippen LogP contribution in [0.25, 0.3) is 0 Å². The summed E-state index contributed by atoms with van der Waals surface area (Å²) >= 11 is 1.60. The van der Waals surface area contributed by atoms with Gasteiger partial charge in [0, 0.05) is 50.0 Å². The SMILES string of the molecule is Cc1cnc(SCc2ccccn2)nc1[C@@H]1CCCN(C(=O)CCc2ccco2)C1. The second-order valence-corrected chi connectivity index (χ2v) is 8.53. The Kier molecular flexibility index (Phi) is 6.79. The topological polar surface area (TPSA) is 72.1 Å². The van der Waals surface area contributed by atoms with Crippen molar-refractivity contribution in [2.24, 2.45) is 0 Å². The molecule has 3 aromatic rings. The molecule has 1 atom stereocenters. The number of thioether (sulfide) groups is 1. The lowest BCUT2D eigenvalue weighted by Crippen LogP contribution is -2.39. The van der Waals surface area contributed by atoms with Crippen LogP contribution < -0.4 is 0 Å². The summed E-state index contributed by atoms with van der Waals surface area (Å²) in [7, 11) is 0. The Balaban J connectivity index is 1.39. The van der Waals surface area contributed by atoms with Crippen molar-refractivity contribution >= 4 is 17.7 Å². The number of piperidine rings is 1. The van der Waals surface area contributed by atoms with Crippen molar-refractivity contribution in [3.8, 4) is 0 Å². The average molecular weight is 423 g/mol. The van der Waals surface area contributed by atoms with Gasteiger partial charge in [-0.2, -0.15) is 0 Å². The van der Waals surface area contributed by atoms with Gasteiger partial charge >= 0.3 is 0 Å². The van der Waals surface area contributed by atoms with E-state index in [1.165, 1.54) is 0 Å². The highest BCUT2D eigenvalue weighted by Gasteiger charge is 2.27. The van der Waals surface area contributed by atoms with Gasteiger partial charge in [0.1, 0.15) is 5.76 Å². The van der Waals surface area contributed by atoms with Gasteiger partial charge < -0.3 is 9.32 Å². The quantitative estimate of drug-likeness (QED) is 0.415. The van der Waals surface area contributed by atoms with Crippen LogP contribution in [0.3, 0.4) is 0 Å². The van der Waals surface area contributed by atoms with Crippen LogP contribution in [0.15, 0.2) is 58.6 Å². The first kappa shape index (κ1) is 20.6. The van der Waals surface area contributed by atoms with Crippen molar-refractivity contribution in [1.29, 1.82) is 0 Å². The summed E-state index contributed by atoms with van der Waals surface area (Å²) < 4.78 is 5.35. The summed E-state index contributed by atoms with van der Waals surface area (Å²) in [6.07, 6.45) is 8.53. The van der Waals surface area contributed by atoms with E-state index in [1.807, 2.05) is 41.4 Å². The third-order valence-corrected chi connectivity index (χ3v) is 6.29. The maximum Gasteiger partial charge on any atom is 0.223 e. The Bertz CT molecular complexity index is 963. The van der Waals surface area contributed by atoms with E-state index >= 15 is 0 Å². The van der Waals surface area contributed by atoms with Gasteiger partial charge in [-0.25, -0.2) is 9.97 Å². The second kappa shape index (κ2) is 9.89. The van der Waals surface area contributed by atoms with Gasteiger partial charge in [-0.1, -0.05) is 17.8 Å². The second-order valence-electron chi connectivity index (χ2n) is 7.59. The molecule has 156 valence electrons. The van der Waals surface area contributed by atoms with Crippen LogP contribution in [0.5, 0.6) is 0 Å². The zero-order valence-electron chi connectivity index (χ0n) is 17.2. The minimum atomic E-state index is 0.188. The summed E-state index contributed by atoms with van der Waals surface area (Å²) in [5, 5.41) is 0.766. The van der Waals surface area contributed by atoms with Gasteiger partial charge in [-0.3, -0.25) is 9.78 Å². The number of hydrogen-bond acceptors (Lipinski definition) is 6. The van der Waals surface area contributed by atoms with Crippen molar-refractivity contribution < 1.29 is 9.21 Å². The number of nitrogens with zero attached hydrogens (tertiary/aromatic N) is 4. The molecule has 7 heteroatoms. The number of aromatic nitrogens is 3. The Labute approximate surface area is 181 Å². The van der Waals surface area contributed by atoms with Crippen LogP contribution in [-0.4, -0.2) is 38.8 Å². The molecule has 0 N–H and O–H groups in total. The summed E-state index contributed by atoms with van der Waals surface area (Å²) in [6, 6.07) is 9.69. The van der Waals surface area contributed by atoms with Crippen LogP contribution in [0, 0.1) is 6.92 Å². The van der Waals surface area contributed by atoms with E-state index in [2.05, 4.69) is 16.9 Å². The number of hydrogen-bond donors (Lipinski definition) is 0. The van der Waals surface area contributed by atoms with Crippen molar-refractivity contribution in [2.45, 2.75) is 49.4 Å². The summed E-state index contributed by atoms with van der Waals surface area (Å²) in [5.74, 6) is 2.04. The molecule has 1 amide bonds. The summed E-state index contributed by atoms with van der Waals surface area (Å²) in [6.45, 7) is 3.60. The van der Waals surface area contributed by atoms with Crippen molar-refractivity contribution in [3.05, 3.63) is 71.7 Å². The molecule has 1 fully saturated rings. The molecule has 0 radical (unpaired) electrons. The zero-order valence-corrected chi connectivity index (χ0v) is 18.0. The van der Waals surface area contributed by atoms with E-state index in [-0.39, 0.29) is 11.8 Å². The van der Waals surface area contributed by atoms with Gasteiger partial charge in [0.05, 0.1) is 17.7 Å². The first-order valence-corrected chi connectivity index (χ1v) is 11.3. The Morgan fingerprint density at radius 1 is 1.27 bits per heavy atom. The molecular weight excluding hydrogens is 396 g/mol. The molecule has 0 aromatic carbocycles. The number of furan rings is 1. The highest BCUT2D eigenvalue weighted by atomic mass is 32.2. The molecule has 0 unspecified atom stereocenters. The van der Waals surface area contributed by atoms with Crippen LogP contribution in [0.1, 0.15) is 47.9 Å². The van der Waals surface area contributed by atoms with Crippen LogP contribution in [0.2, 0.25) is 0 Å². The minimum absolute atomic E-state index is 0.188. The molecule has 6 nitrogen and oxygen atoms in total. The van der Waals surface area contributed by atoms with Crippen molar-refractivity contribution in [3.63, 3.8) is 0 Å². The standard InChI is InChI=1S/C23H26N4O2S/c1-17-14-25-23(30-16-19-7-2-3-11-24-19)26-22(17)18-6-4-12-27(15-18)21(28)10-9-20-8-5-13-29-20/h2-3,5,7-8,11,13-14,18H,4,6,9-10,12,15-16H2,1H3/t18-/m1/s1. The first-order chi connectivity index (χ1) is 14.7. The molecule has 30 heavy (non-hydrogen) atoms. The maximum atomic E-state index is 12.7. The fourth-order valence-corrected chi connectivity index (χ4v) is 4.55. The fourth-order valence-electron chi connectivity index (χ4n) is 3.81. The highest BCUT2D eigenvalue weighted by molar-refractivity contribution is 7.98. The molecule has 4 rings (SSSR count). The molecule has 0 bridgehead atoms. The number of aryl methyl sites for hydroxylation is 2. The van der Waals surface area contributed by atoms with Crippen LogP contribution in [0.4, 0.5) is 0 Å². The smallest absolute Gasteiger partial charge is 0.223 e. The van der Waals surface area contributed by atoms with Gasteiger partial charge in [-0.05, 0) is 49.6 Å².